The van der Waals surface area contributed by atoms with Gasteiger partial charge in [0.05, 0.1) is 26.1 Å². The minimum absolute atomic E-state index is 0.0351. The third kappa shape index (κ3) is 3.67. The Morgan fingerprint density at radius 2 is 2.18 bits per heavy atom. The van der Waals surface area contributed by atoms with Crippen LogP contribution in [0.1, 0.15) is 12.0 Å². The minimum atomic E-state index is -0.728. The molecule has 5 nitrogen and oxygen atoms in total. The van der Waals surface area contributed by atoms with Gasteiger partial charge in [-0.05, 0) is 24.1 Å². The molecule has 1 aromatic carbocycles. The first-order chi connectivity index (χ1) is 10.7. The van der Waals surface area contributed by atoms with E-state index in [1.165, 1.54) is 5.56 Å². The Bertz CT molecular complexity index is 588. The predicted molar refractivity (Wildman–Crippen MR) is 82.6 cm³/mol. The maximum Gasteiger partial charge on any atom is 0.187 e. The Balaban J connectivity index is 1.70. The van der Waals surface area contributed by atoms with Crippen LogP contribution in [0.25, 0.3) is 0 Å². The van der Waals surface area contributed by atoms with Crippen LogP contribution in [0.2, 0.25) is 5.02 Å². The van der Waals surface area contributed by atoms with Gasteiger partial charge in [-0.3, -0.25) is 0 Å². The molecule has 2 aromatic rings. The van der Waals surface area contributed by atoms with Crippen LogP contribution in [0.4, 0.5) is 0 Å². The Morgan fingerprint density at radius 1 is 1.36 bits per heavy atom. The largest absolute Gasteiger partial charge is 0.394 e. The zero-order valence-corrected chi connectivity index (χ0v) is 12.9. The van der Waals surface area contributed by atoms with E-state index in [0.717, 1.165) is 11.4 Å². The van der Waals surface area contributed by atoms with Crippen molar-refractivity contribution < 1.29 is 14.6 Å². The SMILES string of the molecule is OC[C@H]1CO[C@](CCc2ccc(Cl)cc2)(Cn2ccnc2)O1. The van der Waals surface area contributed by atoms with Crippen molar-refractivity contribution in [1.82, 2.24) is 9.55 Å². The van der Waals surface area contributed by atoms with Gasteiger partial charge in [-0.2, -0.15) is 0 Å². The molecule has 0 bridgehead atoms. The number of halogens is 1. The second-order valence-electron chi connectivity index (χ2n) is 5.51. The lowest BCUT2D eigenvalue weighted by Crippen LogP contribution is -2.37. The van der Waals surface area contributed by atoms with Crippen molar-refractivity contribution in [2.45, 2.75) is 31.3 Å². The Kier molecular flexibility index (Phi) is 4.78. The monoisotopic (exact) mass is 322 g/mol. The van der Waals surface area contributed by atoms with Crippen LogP contribution in [-0.4, -0.2) is 39.8 Å². The number of imidazole rings is 1. The molecule has 0 radical (unpaired) electrons. The number of benzene rings is 1. The molecule has 1 aromatic heterocycles. The van der Waals surface area contributed by atoms with Crippen LogP contribution in [-0.2, 0) is 22.4 Å². The first kappa shape index (κ1) is 15.5. The fourth-order valence-electron chi connectivity index (χ4n) is 2.64. The molecule has 6 heteroatoms. The number of ether oxygens (including phenoxy) is 2. The van der Waals surface area contributed by atoms with Crippen LogP contribution < -0.4 is 0 Å². The number of hydrogen-bond donors (Lipinski definition) is 1. The molecule has 1 aliphatic rings. The van der Waals surface area contributed by atoms with E-state index in [1.807, 2.05) is 35.0 Å². The summed E-state index contributed by atoms with van der Waals surface area (Å²) in [5.41, 5.74) is 1.18. The smallest absolute Gasteiger partial charge is 0.187 e. The molecule has 118 valence electrons. The fraction of sp³-hybridized carbons (Fsp3) is 0.438. The average molecular weight is 323 g/mol. The van der Waals surface area contributed by atoms with Crippen LogP contribution in [0.5, 0.6) is 0 Å². The first-order valence-corrected chi connectivity index (χ1v) is 7.70. The second kappa shape index (κ2) is 6.79. The van der Waals surface area contributed by atoms with E-state index in [1.54, 1.807) is 12.5 Å². The Morgan fingerprint density at radius 3 is 2.82 bits per heavy atom. The van der Waals surface area contributed by atoms with E-state index in [2.05, 4.69) is 4.98 Å². The van der Waals surface area contributed by atoms with E-state index in [0.29, 0.717) is 19.6 Å². The van der Waals surface area contributed by atoms with Crippen LogP contribution in [0.15, 0.2) is 43.0 Å². The highest BCUT2D eigenvalue weighted by atomic mass is 35.5. The van der Waals surface area contributed by atoms with Gasteiger partial charge in [0.15, 0.2) is 5.79 Å². The summed E-state index contributed by atoms with van der Waals surface area (Å²) in [6, 6.07) is 7.77. The fourth-order valence-corrected chi connectivity index (χ4v) is 2.77. The summed E-state index contributed by atoms with van der Waals surface area (Å²) in [4.78, 5) is 4.05. The highest BCUT2D eigenvalue weighted by molar-refractivity contribution is 6.30. The predicted octanol–water partition coefficient (Wildman–Crippen LogP) is 2.27. The van der Waals surface area contributed by atoms with Gasteiger partial charge in [-0.1, -0.05) is 23.7 Å². The van der Waals surface area contributed by atoms with Gasteiger partial charge in [0.25, 0.3) is 0 Å². The van der Waals surface area contributed by atoms with Gasteiger partial charge in [0.1, 0.15) is 6.10 Å². The number of nitrogens with zero attached hydrogens (tertiary/aromatic N) is 2. The van der Waals surface area contributed by atoms with E-state index in [9.17, 15) is 5.11 Å². The average Bonchev–Trinajstić information content (AvgIpc) is 3.17. The molecule has 1 N–H and O–H groups in total. The number of hydrogen-bond acceptors (Lipinski definition) is 4. The molecule has 22 heavy (non-hydrogen) atoms. The van der Waals surface area contributed by atoms with Gasteiger partial charge < -0.3 is 19.1 Å². The molecule has 0 unspecified atom stereocenters. The molecule has 2 heterocycles. The van der Waals surface area contributed by atoms with Crippen LogP contribution in [0, 0.1) is 0 Å². The third-order valence-electron chi connectivity index (χ3n) is 3.81. The summed E-state index contributed by atoms with van der Waals surface area (Å²) in [6.45, 7) is 0.926. The van der Waals surface area contributed by atoms with Crippen molar-refractivity contribution in [3.05, 3.63) is 53.6 Å². The van der Waals surface area contributed by atoms with E-state index < -0.39 is 5.79 Å². The summed E-state index contributed by atoms with van der Waals surface area (Å²) < 4.78 is 13.8. The number of aliphatic hydroxyl groups is 1. The molecular formula is C16H19ClN2O3. The molecule has 1 fully saturated rings. The second-order valence-corrected chi connectivity index (χ2v) is 5.94. The van der Waals surface area contributed by atoms with Gasteiger partial charge in [0, 0.05) is 23.8 Å². The number of aromatic nitrogens is 2. The lowest BCUT2D eigenvalue weighted by molar-refractivity contribution is -0.185. The van der Waals surface area contributed by atoms with Crippen molar-refractivity contribution >= 4 is 11.6 Å². The Hall–Kier alpha value is -1.40. The van der Waals surface area contributed by atoms with E-state index in [4.69, 9.17) is 21.1 Å². The first-order valence-electron chi connectivity index (χ1n) is 7.32. The topological polar surface area (TPSA) is 56.5 Å². The summed E-state index contributed by atoms with van der Waals surface area (Å²) in [5, 5.41) is 10.0. The zero-order chi connectivity index (χ0) is 15.4. The lowest BCUT2D eigenvalue weighted by Gasteiger charge is -2.28. The molecule has 0 amide bonds. The van der Waals surface area contributed by atoms with Crippen molar-refractivity contribution in [2.24, 2.45) is 0 Å². The lowest BCUT2D eigenvalue weighted by atomic mass is 10.0. The molecule has 3 rings (SSSR count). The molecular weight excluding hydrogens is 304 g/mol. The molecule has 1 saturated heterocycles. The quantitative estimate of drug-likeness (QED) is 0.886. The molecule has 2 atom stereocenters. The van der Waals surface area contributed by atoms with Crippen molar-refractivity contribution in [3.63, 3.8) is 0 Å². The van der Waals surface area contributed by atoms with Crippen LogP contribution >= 0.6 is 11.6 Å². The third-order valence-corrected chi connectivity index (χ3v) is 4.06. The molecule has 0 saturated carbocycles. The van der Waals surface area contributed by atoms with Gasteiger partial charge in [-0.25, -0.2) is 4.98 Å². The summed E-state index contributed by atoms with van der Waals surface area (Å²) >= 11 is 5.91. The maximum atomic E-state index is 9.30. The van der Waals surface area contributed by atoms with Crippen molar-refractivity contribution in [2.75, 3.05) is 13.2 Å². The molecule has 1 aliphatic heterocycles. The summed E-state index contributed by atoms with van der Waals surface area (Å²) in [6.07, 6.45) is 6.58. The normalized spacial score (nSPS) is 24.7. The maximum absolute atomic E-state index is 9.30. The molecule has 0 spiro atoms. The van der Waals surface area contributed by atoms with E-state index >= 15 is 0 Å². The van der Waals surface area contributed by atoms with Gasteiger partial charge in [-0.15, -0.1) is 0 Å². The number of aryl methyl sites for hydroxylation is 1. The highest BCUT2D eigenvalue weighted by Crippen LogP contribution is 2.30. The van der Waals surface area contributed by atoms with Gasteiger partial charge in [0.2, 0.25) is 0 Å². The van der Waals surface area contributed by atoms with Crippen molar-refractivity contribution in [1.29, 1.82) is 0 Å². The summed E-state index contributed by atoms with van der Waals surface area (Å²) in [7, 11) is 0. The Labute approximate surface area is 134 Å². The van der Waals surface area contributed by atoms with Crippen molar-refractivity contribution in [3.8, 4) is 0 Å². The minimum Gasteiger partial charge on any atom is -0.394 e. The zero-order valence-electron chi connectivity index (χ0n) is 12.2. The van der Waals surface area contributed by atoms with Gasteiger partial charge >= 0.3 is 0 Å². The van der Waals surface area contributed by atoms with E-state index in [-0.39, 0.29) is 12.7 Å². The number of aliphatic hydroxyl groups excluding tert-OH is 1. The molecule has 0 aliphatic carbocycles. The van der Waals surface area contributed by atoms with Crippen LogP contribution in [0.3, 0.4) is 0 Å². The standard InChI is InChI=1S/C16H19ClN2O3/c17-14-3-1-13(2-4-14)5-6-16(11-19-8-7-18-12-19)21-10-15(9-20)22-16/h1-4,7-8,12,15,20H,5-6,9-11H2/t15-,16-/m0/s1. The summed E-state index contributed by atoms with van der Waals surface area (Å²) in [5.74, 6) is -0.728. The number of rotatable bonds is 6. The highest BCUT2D eigenvalue weighted by Gasteiger charge is 2.41.